The maximum atomic E-state index is 10.8. The first-order valence-corrected chi connectivity index (χ1v) is 6.18. The lowest BCUT2D eigenvalue weighted by molar-refractivity contribution is -0.384. The van der Waals surface area contributed by atoms with Gasteiger partial charge in [-0.2, -0.15) is 0 Å². The zero-order chi connectivity index (χ0) is 13.7. The molecule has 4 aromatic rings. The Hall–Kier alpha value is -2.95. The number of benzene rings is 2. The van der Waals surface area contributed by atoms with Gasteiger partial charge in [-0.25, -0.2) is 4.98 Å². The molecule has 4 rings (SSSR count). The number of aromatic nitrogens is 2. The molecule has 0 aliphatic carbocycles. The van der Waals surface area contributed by atoms with Crippen LogP contribution in [0.1, 0.15) is 0 Å². The van der Waals surface area contributed by atoms with E-state index in [1.54, 1.807) is 12.1 Å². The predicted molar refractivity (Wildman–Crippen MR) is 77.8 cm³/mol. The van der Waals surface area contributed by atoms with Gasteiger partial charge in [-0.05, 0) is 18.2 Å². The molecule has 0 aliphatic heterocycles. The van der Waals surface area contributed by atoms with Crippen molar-refractivity contribution in [3.05, 3.63) is 58.6 Å². The molecule has 0 atom stereocenters. The fourth-order valence-corrected chi connectivity index (χ4v) is 2.52. The van der Waals surface area contributed by atoms with E-state index in [0.29, 0.717) is 0 Å². The van der Waals surface area contributed by atoms with E-state index in [9.17, 15) is 10.1 Å². The lowest BCUT2D eigenvalue weighted by atomic mass is 10.1. The fraction of sp³-hybridized carbons (Fsp3) is 0. The Kier molecular flexibility index (Phi) is 2.06. The topological polar surface area (TPSA) is 71.8 Å². The second kappa shape index (κ2) is 3.77. The highest BCUT2D eigenvalue weighted by Crippen LogP contribution is 2.28. The second-order valence-corrected chi connectivity index (χ2v) is 4.69. The number of fused-ring (bicyclic) bond motifs is 4. The maximum Gasteiger partial charge on any atom is 0.270 e. The van der Waals surface area contributed by atoms with Gasteiger partial charge in [0.15, 0.2) is 0 Å². The quantitative estimate of drug-likeness (QED) is 0.419. The molecule has 0 unspecified atom stereocenters. The molecule has 0 fully saturated rings. The predicted octanol–water partition coefficient (Wildman–Crippen LogP) is 3.78. The van der Waals surface area contributed by atoms with Crippen molar-refractivity contribution in [2.24, 2.45) is 0 Å². The lowest BCUT2D eigenvalue weighted by Crippen LogP contribution is -1.88. The Morgan fingerprint density at radius 2 is 1.90 bits per heavy atom. The maximum absolute atomic E-state index is 10.8. The smallest absolute Gasteiger partial charge is 0.270 e. The first kappa shape index (κ1) is 10.9. The molecular formula is C15H9N3O2. The number of para-hydroxylation sites is 1. The van der Waals surface area contributed by atoms with Gasteiger partial charge in [0.25, 0.3) is 5.69 Å². The summed E-state index contributed by atoms with van der Waals surface area (Å²) in [5.74, 6) is 0. The number of aromatic amines is 1. The second-order valence-electron chi connectivity index (χ2n) is 4.69. The van der Waals surface area contributed by atoms with Gasteiger partial charge in [0.05, 0.1) is 21.5 Å². The SMILES string of the molecule is O=[N+]([O-])c1ccc2nc3c(cc2c1)[nH]c1ccccc13. The Balaban J connectivity index is 2.12. The van der Waals surface area contributed by atoms with Crippen molar-refractivity contribution in [2.75, 3.05) is 0 Å². The highest BCUT2D eigenvalue weighted by atomic mass is 16.6. The number of nitro groups is 1. The van der Waals surface area contributed by atoms with Crippen molar-refractivity contribution in [1.82, 2.24) is 9.97 Å². The summed E-state index contributed by atoms with van der Waals surface area (Å²) in [5.41, 5.74) is 3.63. The monoisotopic (exact) mass is 263 g/mol. The summed E-state index contributed by atoms with van der Waals surface area (Å²) in [5, 5.41) is 12.6. The van der Waals surface area contributed by atoms with Crippen molar-refractivity contribution in [1.29, 1.82) is 0 Å². The number of hydrogen-bond acceptors (Lipinski definition) is 3. The van der Waals surface area contributed by atoms with Gasteiger partial charge in [-0.3, -0.25) is 10.1 Å². The summed E-state index contributed by atoms with van der Waals surface area (Å²) in [6.45, 7) is 0. The van der Waals surface area contributed by atoms with Crippen LogP contribution < -0.4 is 0 Å². The summed E-state index contributed by atoms with van der Waals surface area (Å²) < 4.78 is 0. The van der Waals surface area contributed by atoms with Crippen LogP contribution in [0, 0.1) is 10.1 Å². The number of pyridine rings is 1. The molecule has 20 heavy (non-hydrogen) atoms. The minimum absolute atomic E-state index is 0.0785. The van der Waals surface area contributed by atoms with Gasteiger partial charge >= 0.3 is 0 Å². The van der Waals surface area contributed by atoms with Crippen molar-refractivity contribution in [2.45, 2.75) is 0 Å². The standard InChI is InChI=1S/C15H9N3O2/c19-18(20)10-5-6-12-9(7-10)8-14-15(17-12)11-3-1-2-4-13(11)16-14/h1-8,16H. The molecule has 5 nitrogen and oxygen atoms in total. The minimum atomic E-state index is -0.394. The van der Waals surface area contributed by atoms with Crippen LogP contribution >= 0.6 is 0 Å². The molecule has 0 saturated heterocycles. The molecule has 0 spiro atoms. The molecule has 0 aliphatic rings. The van der Waals surface area contributed by atoms with E-state index < -0.39 is 4.92 Å². The molecule has 2 aromatic carbocycles. The molecule has 0 amide bonds. The van der Waals surface area contributed by atoms with E-state index in [1.807, 2.05) is 30.3 Å². The molecule has 0 bridgehead atoms. The molecule has 0 radical (unpaired) electrons. The molecule has 96 valence electrons. The lowest BCUT2D eigenvalue weighted by Gasteiger charge is -1.98. The van der Waals surface area contributed by atoms with Crippen LogP contribution in [0.4, 0.5) is 5.69 Å². The molecular weight excluding hydrogens is 254 g/mol. The third kappa shape index (κ3) is 1.46. The third-order valence-corrected chi connectivity index (χ3v) is 3.46. The van der Waals surface area contributed by atoms with Crippen LogP contribution in [-0.4, -0.2) is 14.9 Å². The molecule has 2 aromatic heterocycles. The molecule has 5 heteroatoms. The van der Waals surface area contributed by atoms with Crippen molar-refractivity contribution in [3.8, 4) is 0 Å². The van der Waals surface area contributed by atoms with Crippen LogP contribution in [0.5, 0.6) is 0 Å². The van der Waals surface area contributed by atoms with Crippen LogP contribution in [0.15, 0.2) is 48.5 Å². The normalized spacial score (nSPS) is 11.4. The van der Waals surface area contributed by atoms with Crippen LogP contribution in [-0.2, 0) is 0 Å². The number of hydrogen-bond donors (Lipinski definition) is 1. The first-order valence-electron chi connectivity index (χ1n) is 6.18. The van der Waals surface area contributed by atoms with E-state index >= 15 is 0 Å². The van der Waals surface area contributed by atoms with Gasteiger partial charge in [-0.1, -0.05) is 18.2 Å². The number of H-pyrrole nitrogens is 1. The van der Waals surface area contributed by atoms with E-state index in [1.165, 1.54) is 6.07 Å². The van der Waals surface area contributed by atoms with Gasteiger partial charge in [0.2, 0.25) is 0 Å². The van der Waals surface area contributed by atoms with E-state index in [4.69, 9.17) is 0 Å². The summed E-state index contributed by atoms with van der Waals surface area (Å²) >= 11 is 0. The Morgan fingerprint density at radius 1 is 1.05 bits per heavy atom. The van der Waals surface area contributed by atoms with Crippen LogP contribution in [0.3, 0.4) is 0 Å². The highest BCUT2D eigenvalue weighted by Gasteiger charge is 2.10. The van der Waals surface area contributed by atoms with Gasteiger partial charge in [-0.15, -0.1) is 0 Å². The Bertz CT molecular complexity index is 988. The van der Waals surface area contributed by atoms with E-state index in [0.717, 1.165) is 32.8 Å². The van der Waals surface area contributed by atoms with Crippen LogP contribution in [0.25, 0.3) is 32.8 Å². The van der Waals surface area contributed by atoms with Crippen molar-refractivity contribution in [3.63, 3.8) is 0 Å². The van der Waals surface area contributed by atoms with E-state index in [2.05, 4.69) is 9.97 Å². The average molecular weight is 263 g/mol. The van der Waals surface area contributed by atoms with Gasteiger partial charge in [0, 0.05) is 28.4 Å². The number of nitrogens with zero attached hydrogens (tertiary/aromatic N) is 2. The summed E-state index contributed by atoms with van der Waals surface area (Å²) in [4.78, 5) is 18.3. The van der Waals surface area contributed by atoms with E-state index in [-0.39, 0.29) is 5.69 Å². The molecule has 1 N–H and O–H groups in total. The van der Waals surface area contributed by atoms with Crippen LogP contribution in [0.2, 0.25) is 0 Å². The first-order chi connectivity index (χ1) is 9.72. The Labute approximate surface area is 113 Å². The summed E-state index contributed by atoms with van der Waals surface area (Å²) in [6, 6.07) is 14.6. The average Bonchev–Trinajstić information content (AvgIpc) is 2.81. The number of non-ortho nitro benzene ring substituents is 1. The van der Waals surface area contributed by atoms with Crippen molar-refractivity contribution < 1.29 is 4.92 Å². The molecule has 2 heterocycles. The number of nitro benzene ring substituents is 1. The highest BCUT2D eigenvalue weighted by molar-refractivity contribution is 6.08. The van der Waals surface area contributed by atoms with Gasteiger partial charge in [0.1, 0.15) is 0 Å². The Morgan fingerprint density at radius 3 is 2.75 bits per heavy atom. The zero-order valence-corrected chi connectivity index (χ0v) is 10.3. The largest absolute Gasteiger partial charge is 0.353 e. The summed E-state index contributed by atoms with van der Waals surface area (Å²) in [6.07, 6.45) is 0. The number of rotatable bonds is 1. The fourth-order valence-electron chi connectivity index (χ4n) is 2.52. The number of nitrogens with one attached hydrogen (secondary N) is 1. The van der Waals surface area contributed by atoms with Crippen molar-refractivity contribution >= 4 is 38.5 Å². The minimum Gasteiger partial charge on any atom is -0.353 e. The molecule has 0 saturated carbocycles. The third-order valence-electron chi connectivity index (χ3n) is 3.46. The summed E-state index contributed by atoms with van der Waals surface area (Å²) in [7, 11) is 0. The zero-order valence-electron chi connectivity index (χ0n) is 10.3. The van der Waals surface area contributed by atoms with Gasteiger partial charge < -0.3 is 4.98 Å².